The summed E-state index contributed by atoms with van der Waals surface area (Å²) in [7, 11) is 1.67. The fourth-order valence-electron chi connectivity index (χ4n) is 7.30. The highest BCUT2D eigenvalue weighted by Gasteiger charge is 2.45. The van der Waals surface area contributed by atoms with E-state index in [1.54, 1.807) is 16.6 Å². The molecule has 2 aliphatic heterocycles. The molecule has 2 bridgehead atoms. The highest BCUT2D eigenvalue weighted by molar-refractivity contribution is 5.91. The van der Waals surface area contributed by atoms with Crippen molar-refractivity contribution in [2.24, 2.45) is 0 Å². The lowest BCUT2D eigenvalue weighted by molar-refractivity contribution is -0.137. The van der Waals surface area contributed by atoms with E-state index in [0.29, 0.717) is 49.6 Å². The lowest BCUT2D eigenvalue weighted by Gasteiger charge is -2.42. The Morgan fingerprint density at radius 2 is 1.78 bits per heavy atom. The number of fused-ring (bicyclic) bond motifs is 3. The van der Waals surface area contributed by atoms with E-state index in [9.17, 15) is 27.6 Å². The number of methoxy groups -OCH3 is 1. The lowest BCUT2D eigenvalue weighted by atomic mass is 9.97. The first kappa shape index (κ1) is 35.4. The third-order valence-electron chi connectivity index (χ3n) is 9.68. The first-order chi connectivity index (χ1) is 23.6. The number of allylic oxidation sites excluding steroid dienone is 1. The largest absolute Gasteiger partial charge is 0.444 e. The van der Waals surface area contributed by atoms with Gasteiger partial charge in [0.25, 0.3) is 5.56 Å². The van der Waals surface area contributed by atoms with Crippen LogP contribution in [0.25, 0.3) is 11.4 Å². The van der Waals surface area contributed by atoms with E-state index in [-0.39, 0.29) is 53.4 Å². The van der Waals surface area contributed by atoms with Crippen LogP contribution in [-0.2, 0) is 33.4 Å². The van der Waals surface area contributed by atoms with Gasteiger partial charge in [-0.3, -0.25) is 14.5 Å². The van der Waals surface area contributed by atoms with Crippen molar-refractivity contribution in [2.75, 3.05) is 30.4 Å². The number of amides is 2. The molecule has 0 saturated carbocycles. The number of carbonyl (C=O) groups is 2. The summed E-state index contributed by atoms with van der Waals surface area (Å²) < 4.78 is 54.0. The third-order valence-corrected chi connectivity index (χ3v) is 9.68. The van der Waals surface area contributed by atoms with Crippen LogP contribution < -0.4 is 15.8 Å². The number of aryl methyl sites for hydroxylation is 1. The molecule has 6 rings (SSSR count). The van der Waals surface area contributed by atoms with Gasteiger partial charge in [-0.2, -0.15) is 22.7 Å². The molecule has 2 amide bonds. The fraction of sp³-hybridized carbons (Fsp3) is 0.571. The van der Waals surface area contributed by atoms with Crippen LogP contribution in [0.15, 0.2) is 29.1 Å². The molecule has 15 heteroatoms. The number of hydrogen-bond acceptors (Lipinski definition) is 8. The summed E-state index contributed by atoms with van der Waals surface area (Å²) in [5.74, 6) is 0.0756. The quantitative estimate of drug-likeness (QED) is 0.339. The Morgan fingerprint density at radius 3 is 2.34 bits per heavy atom. The van der Waals surface area contributed by atoms with Crippen LogP contribution >= 0.6 is 0 Å². The number of rotatable bonds is 7. The maximum atomic E-state index is 14.4. The molecule has 12 nitrogen and oxygen atoms in total. The van der Waals surface area contributed by atoms with Crippen molar-refractivity contribution in [1.82, 2.24) is 24.1 Å². The monoisotopic (exact) mass is 699 g/mol. The lowest BCUT2D eigenvalue weighted by Crippen LogP contribution is -2.58. The first-order valence-electron chi connectivity index (χ1n) is 17.1. The number of halogens is 3. The Balaban J connectivity index is 1.39. The van der Waals surface area contributed by atoms with E-state index in [1.807, 2.05) is 38.7 Å². The van der Waals surface area contributed by atoms with Gasteiger partial charge < -0.3 is 24.3 Å². The summed E-state index contributed by atoms with van der Waals surface area (Å²) in [4.78, 5) is 49.8. The van der Waals surface area contributed by atoms with E-state index < -0.39 is 23.2 Å². The second-order valence-corrected chi connectivity index (χ2v) is 14.3. The molecule has 0 radical (unpaired) electrons. The van der Waals surface area contributed by atoms with Crippen molar-refractivity contribution in [3.8, 4) is 0 Å². The molecule has 1 aliphatic carbocycles. The molecule has 3 unspecified atom stereocenters. The van der Waals surface area contributed by atoms with Gasteiger partial charge in [-0.15, -0.1) is 5.10 Å². The second kappa shape index (κ2) is 13.4. The molecule has 2 aromatic heterocycles. The van der Waals surface area contributed by atoms with Crippen LogP contribution in [0.5, 0.6) is 0 Å². The third kappa shape index (κ3) is 6.96. The maximum Gasteiger partial charge on any atom is 0.416 e. The fourth-order valence-corrected chi connectivity index (χ4v) is 7.30. The molecule has 1 N–H and O–H groups in total. The number of alkyl halides is 3. The van der Waals surface area contributed by atoms with Crippen molar-refractivity contribution in [1.29, 1.82) is 0 Å². The zero-order chi connectivity index (χ0) is 36.1. The Bertz CT molecular complexity index is 1880. The number of piperazine rings is 1. The number of carbonyl (C=O) groups excluding carboxylic acids is 2. The van der Waals surface area contributed by atoms with E-state index in [4.69, 9.17) is 14.5 Å². The summed E-state index contributed by atoms with van der Waals surface area (Å²) in [6.45, 7) is 9.39. The Labute approximate surface area is 288 Å². The summed E-state index contributed by atoms with van der Waals surface area (Å²) in [5, 5.41) is 7.42. The van der Waals surface area contributed by atoms with Gasteiger partial charge in [0.1, 0.15) is 17.8 Å². The number of nitrogens with zero attached hydrogens (tertiary/aromatic N) is 6. The number of aromatic nitrogens is 4. The number of hydrogen-bond donors (Lipinski definition) is 1. The normalized spacial score (nSPS) is 21.1. The highest BCUT2D eigenvalue weighted by Crippen LogP contribution is 2.35. The van der Waals surface area contributed by atoms with Crippen LogP contribution in [0, 0.1) is 6.92 Å². The summed E-state index contributed by atoms with van der Waals surface area (Å²) in [5.41, 5.74) is 0.509. The van der Waals surface area contributed by atoms with Gasteiger partial charge in [0.05, 0.1) is 29.4 Å². The predicted molar refractivity (Wildman–Crippen MR) is 181 cm³/mol. The van der Waals surface area contributed by atoms with Gasteiger partial charge in [0, 0.05) is 25.9 Å². The molecular formula is C35H44F3N7O5. The molecule has 3 aliphatic rings. The Kier molecular flexibility index (Phi) is 9.48. The molecule has 270 valence electrons. The van der Waals surface area contributed by atoms with E-state index in [2.05, 4.69) is 10.4 Å². The number of benzene rings is 1. The van der Waals surface area contributed by atoms with Gasteiger partial charge in [0.15, 0.2) is 5.82 Å². The second-order valence-electron chi connectivity index (χ2n) is 14.3. The molecule has 1 aromatic carbocycles. The van der Waals surface area contributed by atoms with Crippen molar-refractivity contribution in [2.45, 2.75) is 110 Å². The van der Waals surface area contributed by atoms with Crippen LogP contribution in [-0.4, -0.2) is 80.1 Å². The zero-order valence-electron chi connectivity index (χ0n) is 29.3. The number of ether oxygens (including phenoxy) is 2. The SMILES string of the molecule is CCc1c(N2CC3CCC(C2)N3C(=O)OC(C)(C)C)c(=O)n2nc(C3=CCC(OC)CC3)nc2n1CC(=O)Nc1ccc(C(F)(F)F)cc1C. The summed E-state index contributed by atoms with van der Waals surface area (Å²) in [6.07, 6.45) is 1.20. The summed E-state index contributed by atoms with van der Waals surface area (Å²) >= 11 is 0. The van der Waals surface area contributed by atoms with Gasteiger partial charge >= 0.3 is 12.3 Å². The first-order valence-corrected chi connectivity index (χ1v) is 17.1. The van der Waals surface area contributed by atoms with Crippen molar-refractivity contribution in [3.63, 3.8) is 0 Å². The van der Waals surface area contributed by atoms with Gasteiger partial charge in [-0.25, -0.2) is 4.79 Å². The topological polar surface area (TPSA) is 123 Å². The molecule has 4 heterocycles. The molecule has 3 aromatic rings. The molecule has 3 atom stereocenters. The maximum absolute atomic E-state index is 14.4. The van der Waals surface area contributed by atoms with Gasteiger partial charge in [-0.1, -0.05) is 13.0 Å². The van der Waals surface area contributed by atoms with Crippen molar-refractivity contribution >= 4 is 34.7 Å². The average molecular weight is 700 g/mol. The predicted octanol–water partition coefficient (Wildman–Crippen LogP) is 5.59. The standard InChI is InChI=1S/C35H44F3N7O5/c1-7-27-29(42-17-23-11-12-24(18-42)44(23)33(48)50-34(3,4)5)31(47)45-32(40-30(41-45)21-8-13-25(49-6)14-9-21)43(27)19-28(46)39-26-15-10-22(16-20(26)2)35(36,37)38/h8,10,15-16,23-25H,7,9,11-14,17-19H2,1-6H3,(H,39,46). The van der Waals surface area contributed by atoms with E-state index in [0.717, 1.165) is 37.0 Å². The van der Waals surface area contributed by atoms with E-state index >= 15 is 0 Å². The van der Waals surface area contributed by atoms with Crippen LogP contribution in [0.2, 0.25) is 0 Å². The number of nitrogens with one attached hydrogen (secondary N) is 1. The molecule has 50 heavy (non-hydrogen) atoms. The smallest absolute Gasteiger partial charge is 0.416 e. The molecular weight excluding hydrogens is 655 g/mol. The average Bonchev–Trinajstić information content (AvgIpc) is 3.61. The van der Waals surface area contributed by atoms with Crippen molar-refractivity contribution < 1.29 is 32.2 Å². The number of anilines is 2. The van der Waals surface area contributed by atoms with Crippen molar-refractivity contribution in [3.05, 3.63) is 57.3 Å². The van der Waals surface area contributed by atoms with Gasteiger partial charge in [-0.05, 0) is 95.6 Å². The van der Waals surface area contributed by atoms with Crippen LogP contribution in [0.3, 0.4) is 0 Å². The van der Waals surface area contributed by atoms with Gasteiger partial charge in [0.2, 0.25) is 11.7 Å². The minimum absolute atomic E-state index is 0.0844. The van der Waals surface area contributed by atoms with E-state index in [1.165, 1.54) is 17.5 Å². The summed E-state index contributed by atoms with van der Waals surface area (Å²) in [6, 6.07) is 2.81. The Hall–Kier alpha value is -4.40. The molecule has 2 saturated heterocycles. The highest BCUT2D eigenvalue weighted by atomic mass is 19.4. The molecule has 2 fully saturated rings. The Morgan fingerprint density at radius 1 is 1.08 bits per heavy atom. The zero-order valence-corrected chi connectivity index (χ0v) is 29.3. The van der Waals surface area contributed by atoms with Crippen LogP contribution in [0.4, 0.5) is 29.3 Å². The minimum atomic E-state index is -4.51. The minimum Gasteiger partial charge on any atom is -0.444 e. The molecule has 0 spiro atoms. The van der Waals surface area contributed by atoms with Crippen LogP contribution in [0.1, 0.15) is 82.4 Å².